The molecule has 0 aliphatic rings. The van der Waals surface area contributed by atoms with Crippen LogP contribution in [-0.4, -0.2) is 46.7 Å². The standard InChI is InChI=1S/C13H18ClN5O2S.ClH/c1-19-13(16-17-18-19)22-5-4-15-8-9-6-10(14)12(21-3)11(7-9)20-2;/h6-7,15H,4-5,8H2,1-3H3;1H/p-1. The van der Waals surface area contributed by atoms with Crippen LogP contribution in [0.15, 0.2) is 17.3 Å². The molecule has 2 aromatic rings. The summed E-state index contributed by atoms with van der Waals surface area (Å²) in [5.41, 5.74) is 1.04. The Morgan fingerprint density at radius 2 is 2.09 bits per heavy atom. The lowest BCUT2D eigenvalue weighted by molar-refractivity contribution is -0.00000520. The number of hydrogen-bond donors (Lipinski definition) is 1. The summed E-state index contributed by atoms with van der Waals surface area (Å²) in [6, 6.07) is 3.78. The number of hydrogen-bond acceptors (Lipinski definition) is 7. The quantitative estimate of drug-likeness (QED) is 0.455. The molecule has 1 N–H and O–H groups in total. The number of nitrogens with one attached hydrogen (secondary N) is 1. The third-order valence-corrected chi connectivity index (χ3v) is 4.21. The molecule has 0 bridgehead atoms. The highest BCUT2D eigenvalue weighted by Gasteiger charge is 2.10. The van der Waals surface area contributed by atoms with Crippen LogP contribution in [0.2, 0.25) is 5.02 Å². The molecule has 0 unspecified atom stereocenters. The monoisotopic (exact) mass is 378 g/mol. The largest absolute Gasteiger partial charge is 1.00 e. The highest BCUT2D eigenvalue weighted by molar-refractivity contribution is 7.99. The molecule has 0 aliphatic heterocycles. The number of benzene rings is 1. The van der Waals surface area contributed by atoms with E-state index in [1.807, 2.05) is 19.2 Å². The van der Waals surface area contributed by atoms with Crippen LogP contribution in [0.25, 0.3) is 0 Å². The van der Waals surface area contributed by atoms with Gasteiger partial charge in [0.2, 0.25) is 5.16 Å². The van der Waals surface area contributed by atoms with Crippen LogP contribution in [0.3, 0.4) is 0 Å². The summed E-state index contributed by atoms with van der Waals surface area (Å²) in [6.07, 6.45) is 0. The van der Waals surface area contributed by atoms with Gasteiger partial charge in [-0.1, -0.05) is 23.4 Å². The molecule has 23 heavy (non-hydrogen) atoms. The van der Waals surface area contributed by atoms with Crippen LogP contribution in [0, 0.1) is 0 Å². The Labute approximate surface area is 150 Å². The summed E-state index contributed by atoms with van der Waals surface area (Å²) in [4.78, 5) is 0. The van der Waals surface area contributed by atoms with Crippen molar-refractivity contribution in [3.8, 4) is 11.5 Å². The van der Waals surface area contributed by atoms with E-state index in [1.54, 1.807) is 30.7 Å². The van der Waals surface area contributed by atoms with Crippen molar-refractivity contribution < 1.29 is 21.9 Å². The Morgan fingerprint density at radius 1 is 1.30 bits per heavy atom. The number of tetrazole rings is 1. The number of nitrogens with zero attached hydrogens (tertiary/aromatic N) is 4. The van der Waals surface area contributed by atoms with Gasteiger partial charge in [-0.05, 0) is 28.1 Å². The molecule has 128 valence electrons. The zero-order valence-electron chi connectivity index (χ0n) is 13.0. The summed E-state index contributed by atoms with van der Waals surface area (Å²) in [5.74, 6) is 2.06. The molecule has 10 heteroatoms. The molecule has 0 radical (unpaired) electrons. The molecule has 0 saturated heterocycles. The predicted molar refractivity (Wildman–Crippen MR) is 85.8 cm³/mol. The average molecular weight is 379 g/mol. The Morgan fingerprint density at radius 3 is 2.70 bits per heavy atom. The maximum absolute atomic E-state index is 6.18. The molecule has 0 fully saturated rings. The first-order chi connectivity index (χ1) is 10.7. The zero-order chi connectivity index (χ0) is 15.9. The second-order valence-electron chi connectivity index (χ2n) is 4.42. The van der Waals surface area contributed by atoms with Crippen LogP contribution in [0.4, 0.5) is 0 Å². The zero-order valence-corrected chi connectivity index (χ0v) is 15.4. The molecule has 0 atom stereocenters. The molecule has 1 aromatic heterocycles. The third kappa shape index (κ3) is 5.42. The minimum absolute atomic E-state index is 0. The van der Waals surface area contributed by atoms with Crippen molar-refractivity contribution in [2.75, 3.05) is 26.5 Å². The Kier molecular flexibility index (Phi) is 8.46. The van der Waals surface area contributed by atoms with Crippen molar-refractivity contribution in [3.05, 3.63) is 22.7 Å². The van der Waals surface area contributed by atoms with E-state index in [1.165, 1.54) is 0 Å². The van der Waals surface area contributed by atoms with Gasteiger partial charge in [-0.25, -0.2) is 4.68 Å². The van der Waals surface area contributed by atoms with Gasteiger partial charge < -0.3 is 27.2 Å². The van der Waals surface area contributed by atoms with Crippen LogP contribution in [0.1, 0.15) is 5.56 Å². The average Bonchev–Trinajstić information content (AvgIpc) is 2.91. The van der Waals surface area contributed by atoms with Gasteiger partial charge in [0.25, 0.3) is 0 Å². The maximum atomic E-state index is 6.18. The Hall–Kier alpha value is -1.22. The van der Waals surface area contributed by atoms with E-state index in [2.05, 4.69) is 20.8 Å². The molecule has 7 nitrogen and oxygen atoms in total. The number of aromatic nitrogens is 4. The topological polar surface area (TPSA) is 74.1 Å². The first kappa shape index (κ1) is 19.8. The summed E-state index contributed by atoms with van der Waals surface area (Å²) in [7, 11) is 4.98. The molecule has 0 spiro atoms. The van der Waals surface area contributed by atoms with Gasteiger partial charge in [0.1, 0.15) is 0 Å². The number of thioether (sulfide) groups is 1. The molecule has 0 saturated carbocycles. The van der Waals surface area contributed by atoms with Crippen LogP contribution in [-0.2, 0) is 13.6 Å². The fourth-order valence-electron chi connectivity index (χ4n) is 1.86. The van der Waals surface area contributed by atoms with Gasteiger partial charge in [-0.15, -0.1) is 5.10 Å². The number of methoxy groups -OCH3 is 2. The van der Waals surface area contributed by atoms with Gasteiger partial charge in [0.05, 0.1) is 19.2 Å². The lowest BCUT2D eigenvalue weighted by Gasteiger charge is -2.12. The molecular formula is C13H18Cl2N5O2S-. The molecule has 0 aliphatic carbocycles. The Bertz CT molecular complexity index is 626. The predicted octanol–water partition coefficient (Wildman–Crippen LogP) is -1.23. The van der Waals surface area contributed by atoms with Crippen molar-refractivity contribution in [1.82, 2.24) is 25.5 Å². The Balaban J connectivity index is 0.00000264. The number of halogens is 2. The van der Waals surface area contributed by atoms with Crippen molar-refractivity contribution in [2.24, 2.45) is 7.05 Å². The number of rotatable bonds is 8. The van der Waals surface area contributed by atoms with Crippen molar-refractivity contribution in [2.45, 2.75) is 11.7 Å². The first-order valence-electron chi connectivity index (χ1n) is 6.62. The van der Waals surface area contributed by atoms with Crippen LogP contribution < -0.4 is 27.2 Å². The molecule has 1 aromatic carbocycles. The third-order valence-electron chi connectivity index (χ3n) is 2.91. The second kappa shape index (κ2) is 9.82. The highest BCUT2D eigenvalue weighted by Crippen LogP contribution is 2.35. The van der Waals surface area contributed by atoms with E-state index in [4.69, 9.17) is 21.1 Å². The summed E-state index contributed by atoms with van der Waals surface area (Å²) in [6.45, 7) is 1.52. The molecule has 1 heterocycles. The van der Waals surface area contributed by atoms with Crippen molar-refractivity contribution >= 4 is 23.4 Å². The van der Waals surface area contributed by atoms with E-state index in [0.29, 0.717) is 23.1 Å². The smallest absolute Gasteiger partial charge is 0.209 e. The summed E-state index contributed by atoms with van der Waals surface area (Å²) < 4.78 is 12.1. The fraction of sp³-hybridized carbons (Fsp3) is 0.462. The van der Waals surface area contributed by atoms with E-state index in [9.17, 15) is 0 Å². The summed E-state index contributed by atoms with van der Waals surface area (Å²) in [5, 5.41) is 16.0. The van der Waals surface area contributed by atoms with E-state index in [0.717, 1.165) is 23.0 Å². The number of aryl methyl sites for hydroxylation is 1. The normalized spacial score (nSPS) is 10.3. The first-order valence-corrected chi connectivity index (χ1v) is 7.98. The number of ether oxygens (including phenoxy) is 2. The van der Waals surface area contributed by atoms with Crippen molar-refractivity contribution in [3.63, 3.8) is 0 Å². The SMILES string of the molecule is COc1cc(CNCCSc2nnnn2C)cc(Cl)c1OC.[Cl-]. The van der Waals surface area contributed by atoms with Crippen molar-refractivity contribution in [1.29, 1.82) is 0 Å². The minimum atomic E-state index is 0. The van der Waals surface area contributed by atoms with E-state index in [-0.39, 0.29) is 12.4 Å². The molecule has 2 rings (SSSR count). The molecule has 0 amide bonds. The van der Waals surface area contributed by atoms with E-state index >= 15 is 0 Å². The van der Waals surface area contributed by atoms with Gasteiger partial charge in [-0.2, -0.15) is 0 Å². The van der Waals surface area contributed by atoms with E-state index < -0.39 is 0 Å². The maximum Gasteiger partial charge on any atom is 0.209 e. The summed E-state index contributed by atoms with van der Waals surface area (Å²) >= 11 is 7.78. The fourth-order valence-corrected chi connectivity index (χ4v) is 2.92. The molecular weight excluding hydrogens is 361 g/mol. The van der Waals surface area contributed by atoms with Gasteiger partial charge >= 0.3 is 0 Å². The lowest BCUT2D eigenvalue weighted by Crippen LogP contribution is -3.00. The highest BCUT2D eigenvalue weighted by atomic mass is 35.5. The van der Waals surface area contributed by atoms with Gasteiger partial charge in [0, 0.05) is 25.9 Å². The lowest BCUT2D eigenvalue weighted by atomic mass is 10.2. The van der Waals surface area contributed by atoms with Crippen LogP contribution in [0.5, 0.6) is 11.5 Å². The van der Waals surface area contributed by atoms with Gasteiger partial charge in [0.15, 0.2) is 11.5 Å². The van der Waals surface area contributed by atoms with Crippen LogP contribution >= 0.6 is 23.4 Å². The minimum Gasteiger partial charge on any atom is -1.00 e. The van der Waals surface area contributed by atoms with Gasteiger partial charge in [-0.3, -0.25) is 0 Å². The second-order valence-corrected chi connectivity index (χ2v) is 5.89.